The fourth-order valence-corrected chi connectivity index (χ4v) is 7.75. The van der Waals surface area contributed by atoms with Crippen molar-refractivity contribution in [3.05, 3.63) is 164 Å². The van der Waals surface area contributed by atoms with Gasteiger partial charge in [-0.25, -0.2) is 9.97 Å². The summed E-state index contributed by atoms with van der Waals surface area (Å²) in [4.78, 5) is 9.50. The highest BCUT2D eigenvalue weighted by atomic mass is 16.3. The van der Waals surface area contributed by atoms with Gasteiger partial charge in [-0.05, 0) is 70.8 Å². The van der Waals surface area contributed by atoms with Gasteiger partial charge in [0.05, 0.1) is 16.4 Å². The van der Waals surface area contributed by atoms with Gasteiger partial charge in [-0.1, -0.05) is 109 Å². The van der Waals surface area contributed by atoms with Crippen molar-refractivity contribution in [1.82, 2.24) is 14.5 Å². The van der Waals surface area contributed by atoms with Crippen molar-refractivity contribution in [1.29, 1.82) is 0 Å². The molecule has 0 amide bonds. The van der Waals surface area contributed by atoms with Gasteiger partial charge in [0.15, 0.2) is 5.58 Å². The molecule has 0 saturated carbocycles. The normalized spacial score (nSPS) is 11.9. The van der Waals surface area contributed by atoms with Crippen LogP contribution in [0.5, 0.6) is 0 Å². The van der Waals surface area contributed by atoms with Crippen LogP contribution in [0.1, 0.15) is 0 Å². The molecule has 0 unspecified atom stereocenters. The van der Waals surface area contributed by atoms with E-state index in [0.717, 1.165) is 88.3 Å². The van der Waals surface area contributed by atoms with E-state index in [-0.39, 0.29) is 0 Å². The van der Waals surface area contributed by atoms with Crippen LogP contribution in [0.2, 0.25) is 0 Å². The Morgan fingerprint density at radius 2 is 1.10 bits per heavy atom. The van der Waals surface area contributed by atoms with E-state index in [2.05, 4.69) is 138 Å². The van der Waals surface area contributed by atoms with Crippen molar-refractivity contribution in [3.8, 4) is 39.2 Å². The molecule has 0 N–H and O–H groups in total. The molecule has 11 rings (SSSR count). The molecule has 0 radical (unpaired) electrons. The van der Waals surface area contributed by atoms with Crippen molar-refractivity contribution in [2.45, 2.75) is 0 Å². The van der Waals surface area contributed by atoms with Crippen LogP contribution in [0, 0.1) is 0 Å². The summed E-state index contributed by atoms with van der Waals surface area (Å²) in [5.41, 5.74) is 13.6. The fourth-order valence-electron chi connectivity index (χ4n) is 7.75. The van der Waals surface area contributed by atoms with Crippen LogP contribution in [-0.4, -0.2) is 14.5 Å². The molecule has 0 spiro atoms. The van der Waals surface area contributed by atoms with Gasteiger partial charge in [0.1, 0.15) is 34.3 Å². The van der Waals surface area contributed by atoms with Crippen LogP contribution < -0.4 is 0 Å². The highest BCUT2D eigenvalue weighted by molar-refractivity contribution is 6.23. The van der Waals surface area contributed by atoms with Crippen LogP contribution in [0.3, 0.4) is 0 Å². The highest BCUT2D eigenvalue weighted by Gasteiger charge is 2.20. The van der Waals surface area contributed by atoms with Crippen molar-refractivity contribution < 1.29 is 8.83 Å². The number of nitrogens with zero attached hydrogens (tertiary/aromatic N) is 3. The van der Waals surface area contributed by atoms with Gasteiger partial charge in [-0.15, -0.1) is 0 Å². The van der Waals surface area contributed by atoms with Crippen LogP contribution in [0.15, 0.2) is 173 Å². The average molecular weight is 654 g/mol. The lowest BCUT2D eigenvalue weighted by molar-refractivity contribution is 0.667. The van der Waals surface area contributed by atoms with E-state index in [1.54, 1.807) is 6.33 Å². The molecule has 4 aromatic heterocycles. The SMILES string of the molecule is c1ccc(-c2ccc(-c3ccc4oc5c(-c6cccc(-n7c8ccccc8c8c9oc%10ccccc%10c9ccc87)c6)ncnc5c4c3)cc2)cc1. The van der Waals surface area contributed by atoms with E-state index in [1.807, 2.05) is 24.3 Å². The number of para-hydroxylation sites is 2. The molecule has 5 nitrogen and oxygen atoms in total. The molecule has 51 heavy (non-hydrogen) atoms. The van der Waals surface area contributed by atoms with Crippen molar-refractivity contribution >= 4 is 65.8 Å². The van der Waals surface area contributed by atoms with E-state index in [4.69, 9.17) is 18.8 Å². The number of fused-ring (bicyclic) bond motifs is 10. The second-order valence-corrected chi connectivity index (χ2v) is 13.0. The molecule has 0 aliphatic rings. The topological polar surface area (TPSA) is 57.0 Å². The molecule has 0 atom stereocenters. The zero-order valence-electron chi connectivity index (χ0n) is 27.2. The Morgan fingerprint density at radius 3 is 1.98 bits per heavy atom. The van der Waals surface area contributed by atoms with Gasteiger partial charge >= 0.3 is 0 Å². The molecule has 0 fully saturated rings. The molecule has 0 aliphatic carbocycles. The average Bonchev–Trinajstić information content (AvgIpc) is 3.87. The summed E-state index contributed by atoms with van der Waals surface area (Å²) in [5, 5.41) is 5.47. The largest absolute Gasteiger partial charge is 0.455 e. The van der Waals surface area contributed by atoms with Gasteiger partial charge in [0.2, 0.25) is 0 Å². The molecular formula is C46H27N3O2. The first-order valence-electron chi connectivity index (χ1n) is 17.1. The maximum atomic E-state index is 6.51. The lowest BCUT2D eigenvalue weighted by Crippen LogP contribution is -1.95. The number of aromatic nitrogens is 3. The zero-order valence-corrected chi connectivity index (χ0v) is 27.2. The molecule has 11 aromatic rings. The predicted octanol–water partition coefficient (Wildman–Crippen LogP) is 12.4. The molecule has 238 valence electrons. The molecular weight excluding hydrogens is 627 g/mol. The lowest BCUT2D eigenvalue weighted by Gasteiger charge is -2.10. The minimum absolute atomic E-state index is 0.674. The van der Waals surface area contributed by atoms with Crippen LogP contribution in [0.4, 0.5) is 0 Å². The minimum atomic E-state index is 0.674. The molecule has 4 heterocycles. The Hall–Kier alpha value is -6.98. The quantitative estimate of drug-likeness (QED) is 0.190. The Balaban J connectivity index is 1.04. The standard InChI is InChI=1S/C46H27N3O2/c1-2-9-28(10-3-1)29-17-19-30(20-18-29)31-21-24-41-37(26-31)44-46(51-41)43(47-27-48-44)32-11-8-12-33(25-32)49-38-15-6-4-14-36(38)42-39(49)23-22-35-34-13-5-7-16-40(34)50-45(35)42/h1-27H. The third-order valence-corrected chi connectivity index (χ3v) is 10.1. The first kappa shape index (κ1) is 27.9. The maximum Gasteiger partial charge on any atom is 0.180 e. The second kappa shape index (κ2) is 10.8. The van der Waals surface area contributed by atoms with E-state index in [9.17, 15) is 0 Å². The zero-order chi connectivity index (χ0) is 33.5. The molecule has 0 aliphatic heterocycles. The minimum Gasteiger partial charge on any atom is -0.455 e. The Kier molecular flexibility index (Phi) is 5.89. The molecule has 5 heteroatoms. The predicted molar refractivity (Wildman–Crippen MR) is 207 cm³/mol. The van der Waals surface area contributed by atoms with Gasteiger partial charge in [-0.2, -0.15) is 0 Å². The first-order valence-corrected chi connectivity index (χ1v) is 17.1. The molecule has 7 aromatic carbocycles. The summed E-state index contributed by atoms with van der Waals surface area (Å²) >= 11 is 0. The van der Waals surface area contributed by atoms with E-state index >= 15 is 0 Å². The number of rotatable bonds is 4. The Morgan fingerprint density at radius 1 is 0.412 bits per heavy atom. The smallest absolute Gasteiger partial charge is 0.180 e. The highest BCUT2D eigenvalue weighted by Crippen LogP contribution is 2.41. The van der Waals surface area contributed by atoms with Gasteiger partial charge in [0.25, 0.3) is 0 Å². The van der Waals surface area contributed by atoms with E-state index in [1.165, 1.54) is 11.1 Å². The van der Waals surface area contributed by atoms with E-state index < -0.39 is 0 Å². The van der Waals surface area contributed by atoms with Gasteiger partial charge in [-0.3, -0.25) is 0 Å². The van der Waals surface area contributed by atoms with Crippen molar-refractivity contribution in [3.63, 3.8) is 0 Å². The maximum absolute atomic E-state index is 6.51. The Labute approximate surface area is 291 Å². The summed E-state index contributed by atoms with van der Waals surface area (Å²) in [5.74, 6) is 0. The van der Waals surface area contributed by atoms with E-state index in [0.29, 0.717) is 5.58 Å². The molecule has 0 bridgehead atoms. The summed E-state index contributed by atoms with van der Waals surface area (Å²) in [7, 11) is 0. The van der Waals surface area contributed by atoms with Crippen LogP contribution in [0.25, 0.3) is 105 Å². The lowest BCUT2D eigenvalue weighted by atomic mass is 9.99. The third kappa shape index (κ3) is 4.22. The second-order valence-electron chi connectivity index (χ2n) is 13.0. The van der Waals surface area contributed by atoms with Gasteiger partial charge in [0, 0.05) is 32.8 Å². The van der Waals surface area contributed by atoms with Crippen molar-refractivity contribution in [2.75, 3.05) is 0 Å². The van der Waals surface area contributed by atoms with Gasteiger partial charge < -0.3 is 13.4 Å². The number of hydrogen-bond donors (Lipinski definition) is 0. The fraction of sp³-hybridized carbons (Fsp3) is 0. The summed E-state index contributed by atoms with van der Waals surface area (Å²) < 4.78 is 15.3. The van der Waals surface area contributed by atoms with Crippen LogP contribution in [-0.2, 0) is 0 Å². The summed E-state index contributed by atoms with van der Waals surface area (Å²) in [6.07, 6.45) is 1.64. The van der Waals surface area contributed by atoms with Crippen molar-refractivity contribution in [2.24, 2.45) is 0 Å². The monoisotopic (exact) mass is 653 g/mol. The Bertz CT molecular complexity index is 3130. The van der Waals surface area contributed by atoms with Crippen LogP contribution >= 0.6 is 0 Å². The number of furan rings is 2. The molecule has 0 saturated heterocycles. The first-order chi connectivity index (χ1) is 25.3. The number of benzene rings is 7. The number of hydrogen-bond acceptors (Lipinski definition) is 4. The third-order valence-electron chi connectivity index (χ3n) is 10.1. The summed E-state index contributed by atoms with van der Waals surface area (Å²) in [6.45, 7) is 0. The summed E-state index contributed by atoms with van der Waals surface area (Å²) in [6, 6.07) is 55.1.